The Morgan fingerprint density at radius 3 is 2.16 bits per heavy atom. The number of rotatable bonds is 14. The first kappa shape index (κ1) is 50.1. The molecule has 4 bridgehead atoms. The van der Waals surface area contributed by atoms with E-state index in [0.29, 0.717) is 45.3 Å². The summed E-state index contributed by atoms with van der Waals surface area (Å²) in [6.07, 6.45) is 8.05. The zero-order valence-electron chi connectivity index (χ0n) is 37.2. The van der Waals surface area contributed by atoms with Crippen LogP contribution < -0.4 is 47.9 Å². The number of nitriles is 1. The molecule has 0 saturated heterocycles. The van der Waals surface area contributed by atoms with Gasteiger partial charge in [0.05, 0.1) is 30.4 Å². The number of aryl methyl sites for hydroxylation is 1. The molecule has 0 fully saturated rings. The first-order chi connectivity index (χ1) is 30.6. The molecular formula is C45H59N11O7S. The molecule has 0 spiro atoms. The van der Waals surface area contributed by atoms with Gasteiger partial charge in [-0.2, -0.15) is 5.26 Å². The number of nitrogens with two attached hydrogens (primary N) is 3. The van der Waals surface area contributed by atoms with Gasteiger partial charge in [0.25, 0.3) is 5.91 Å². The Labute approximate surface area is 375 Å². The van der Waals surface area contributed by atoms with Gasteiger partial charge in [-0.3, -0.25) is 24.0 Å². The minimum Gasteiger partial charge on any atom is -0.492 e. The summed E-state index contributed by atoms with van der Waals surface area (Å²) in [5, 5.41) is 19.4. The third kappa shape index (κ3) is 13.5. The summed E-state index contributed by atoms with van der Waals surface area (Å²) < 4.78 is 12.1. The number of amides is 5. The van der Waals surface area contributed by atoms with Gasteiger partial charge in [0.1, 0.15) is 43.3 Å². The molecule has 1 aliphatic rings. The Balaban J connectivity index is 0.00000291. The monoisotopic (exact) mass is 897 g/mol. The molecule has 0 saturated carbocycles. The lowest BCUT2D eigenvalue weighted by atomic mass is 9.93. The van der Waals surface area contributed by atoms with Gasteiger partial charge in [0, 0.05) is 49.4 Å². The SMILES string of the molecule is CCN.Cc1nc(-c2ccc(S(C)(C)C)cc2)ncc1C(=O)NCC(=O)N(C)C1C(=O)NCC(=O)NC(C(=O)NCC#N)Cc2ccc(OCCN)c(c2)-c2cc1ccc2OCCN. The minimum absolute atomic E-state index is 0.0212. The number of ether oxygens (including phenoxy) is 2. The standard InChI is InChI=1S/C43H52N10O7S.C2H7N/c1-26-33(23-48-40(51-26)28-7-10-30(11-8-28)61(3,4)5)41(56)50-25-38(55)53(2)39-29-9-13-36(60-19-16-46)32(22-29)31-20-27(6-12-35(31)59-18-15-45)21-34(42(57)47-17-14-44)52-37(54)24-49-43(39)58;1-2-3/h6-13,20,22-23,34,39H,15-19,21,24-25,45-46H2,1-5H3,(H,47,57)(H,49,58)(H,50,56)(H,52,54);2-3H2,1H3. The molecule has 2 heterocycles. The lowest BCUT2D eigenvalue weighted by Crippen LogP contribution is -2.52. The summed E-state index contributed by atoms with van der Waals surface area (Å²) in [4.78, 5) is 79.2. The molecule has 64 heavy (non-hydrogen) atoms. The van der Waals surface area contributed by atoms with Crippen LogP contribution in [-0.4, -0.2) is 129 Å². The molecular weight excluding hydrogens is 839 g/mol. The summed E-state index contributed by atoms with van der Waals surface area (Å²) in [6, 6.07) is 17.6. The third-order valence-corrected chi connectivity index (χ3v) is 11.4. The molecule has 5 rings (SSSR count). The molecule has 4 aromatic rings. The number of hydrogen-bond acceptors (Lipinski definition) is 13. The molecule has 1 aromatic heterocycles. The molecule has 18 nitrogen and oxygen atoms in total. The van der Waals surface area contributed by atoms with Crippen molar-refractivity contribution in [1.29, 1.82) is 5.26 Å². The second-order valence-electron chi connectivity index (χ2n) is 15.3. The van der Waals surface area contributed by atoms with E-state index in [-0.39, 0.29) is 44.8 Å². The Morgan fingerprint density at radius 2 is 1.56 bits per heavy atom. The number of nitrogens with zero attached hydrogens (tertiary/aromatic N) is 4. The van der Waals surface area contributed by atoms with Crippen LogP contribution in [0, 0.1) is 18.3 Å². The average Bonchev–Trinajstić information content (AvgIpc) is 3.27. The van der Waals surface area contributed by atoms with E-state index in [4.69, 9.17) is 31.9 Å². The Hall–Kier alpha value is -6.59. The maximum Gasteiger partial charge on any atom is 0.255 e. The number of nitrogens with one attached hydrogen (secondary N) is 4. The van der Waals surface area contributed by atoms with Crippen molar-refractivity contribution in [3.8, 4) is 40.1 Å². The normalized spacial score (nSPS) is 15.1. The number of carbonyl (C=O) groups excluding carboxylic acids is 5. The van der Waals surface area contributed by atoms with Crippen LogP contribution in [0.5, 0.6) is 11.5 Å². The molecule has 2 unspecified atom stereocenters. The van der Waals surface area contributed by atoms with Crippen molar-refractivity contribution < 1.29 is 33.4 Å². The predicted octanol–water partition coefficient (Wildman–Crippen LogP) is 1.54. The van der Waals surface area contributed by atoms with E-state index in [2.05, 4.69) is 62.1 Å². The molecule has 10 N–H and O–H groups in total. The molecule has 19 heteroatoms. The fraction of sp³-hybridized carbons (Fsp3) is 0.378. The van der Waals surface area contributed by atoms with Crippen LogP contribution in [-0.2, 0) is 25.6 Å². The van der Waals surface area contributed by atoms with Crippen molar-refractivity contribution in [1.82, 2.24) is 36.1 Å². The van der Waals surface area contributed by atoms with Gasteiger partial charge in [-0.25, -0.2) is 20.0 Å². The summed E-state index contributed by atoms with van der Waals surface area (Å²) in [6.45, 7) is 3.72. The van der Waals surface area contributed by atoms with Gasteiger partial charge in [-0.1, -0.05) is 31.2 Å². The van der Waals surface area contributed by atoms with Crippen LogP contribution in [0.1, 0.15) is 40.1 Å². The van der Waals surface area contributed by atoms with Crippen molar-refractivity contribution in [3.05, 3.63) is 89.2 Å². The highest BCUT2D eigenvalue weighted by atomic mass is 32.3. The van der Waals surface area contributed by atoms with Crippen molar-refractivity contribution in [2.24, 2.45) is 17.2 Å². The molecule has 0 aliphatic carbocycles. The van der Waals surface area contributed by atoms with Crippen LogP contribution in [0.25, 0.3) is 22.5 Å². The Morgan fingerprint density at radius 1 is 0.938 bits per heavy atom. The summed E-state index contributed by atoms with van der Waals surface area (Å²) in [7, 11) is 0.494. The van der Waals surface area contributed by atoms with Crippen LogP contribution in [0.4, 0.5) is 0 Å². The quantitative estimate of drug-likeness (QED) is 0.0886. The minimum atomic E-state index is -1.33. The first-order valence-electron chi connectivity index (χ1n) is 20.6. The topological polar surface area (TPSA) is 283 Å². The van der Waals surface area contributed by atoms with Gasteiger partial charge >= 0.3 is 0 Å². The van der Waals surface area contributed by atoms with E-state index in [1.165, 1.54) is 18.1 Å². The fourth-order valence-electron chi connectivity index (χ4n) is 6.55. The zero-order chi connectivity index (χ0) is 47.0. The van der Waals surface area contributed by atoms with Crippen molar-refractivity contribution in [2.45, 2.75) is 37.2 Å². The predicted molar refractivity (Wildman–Crippen MR) is 247 cm³/mol. The number of hydrogen-bond donors (Lipinski definition) is 7. The maximum absolute atomic E-state index is 14.1. The van der Waals surface area contributed by atoms with E-state index >= 15 is 0 Å². The summed E-state index contributed by atoms with van der Waals surface area (Å²) >= 11 is 0. The van der Waals surface area contributed by atoms with E-state index < -0.39 is 64.7 Å². The highest BCUT2D eigenvalue weighted by Crippen LogP contribution is 2.45. The number of carbonyl (C=O) groups is 5. The van der Waals surface area contributed by atoms with Crippen molar-refractivity contribution >= 4 is 39.6 Å². The first-order valence-corrected chi connectivity index (χ1v) is 23.4. The molecule has 5 amide bonds. The second kappa shape index (κ2) is 23.7. The lowest BCUT2D eigenvalue weighted by Gasteiger charge is -2.29. The van der Waals surface area contributed by atoms with E-state index in [1.54, 1.807) is 43.3 Å². The molecule has 0 radical (unpaired) electrons. The van der Waals surface area contributed by atoms with Gasteiger partial charge < -0.3 is 52.8 Å². The van der Waals surface area contributed by atoms with Crippen molar-refractivity contribution in [3.63, 3.8) is 0 Å². The highest BCUT2D eigenvalue weighted by Gasteiger charge is 2.32. The van der Waals surface area contributed by atoms with Crippen molar-refractivity contribution in [2.75, 3.05) is 78.3 Å². The molecule has 2 atom stereocenters. The van der Waals surface area contributed by atoms with Gasteiger partial charge in [-0.15, -0.1) is 0 Å². The lowest BCUT2D eigenvalue weighted by molar-refractivity contribution is -0.139. The Bertz CT molecular complexity index is 2330. The molecule has 3 aromatic carbocycles. The zero-order valence-corrected chi connectivity index (χ0v) is 38.0. The van der Waals surface area contributed by atoms with E-state index in [0.717, 1.165) is 17.0 Å². The number of fused-ring (bicyclic) bond motifs is 5. The van der Waals surface area contributed by atoms with E-state index in [9.17, 15) is 24.0 Å². The molecule has 1 aliphatic heterocycles. The van der Waals surface area contributed by atoms with Gasteiger partial charge in [0.2, 0.25) is 23.6 Å². The Kier molecular flexibility index (Phi) is 18.6. The van der Waals surface area contributed by atoms with Crippen LogP contribution >= 0.6 is 10.0 Å². The number of likely N-dealkylation sites (N-methyl/N-ethyl adjacent to an activating group) is 1. The second-order valence-corrected chi connectivity index (χ2v) is 19.5. The fourth-order valence-corrected chi connectivity index (χ4v) is 7.50. The largest absolute Gasteiger partial charge is 0.492 e. The summed E-state index contributed by atoms with van der Waals surface area (Å²) in [5.74, 6) is -2.01. The molecule has 342 valence electrons. The van der Waals surface area contributed by atoms with Crippen LogP contribution in [0.3, 0.4) is 0 Å². The third-order valence-electron chi connectivity index (χ3n) is 9.73. The number of aromatic nitrogens is 2. The highest BCUT2D eigenvalue weighted by molar-refractivity contribution is 8.32. The van der Waals surface area contributed by atoms with Gasteiger partial charge in [0.15, 0.2) is 5.82 Å². The van der Waals surface area contributed by atoms with Gasteiger partial charge in [-0.05, 0) is 84.7 Å². The average molecular weight is 898 g/mol. The van der Waals surface area contributed by atoms with Crippen LogP contribution in [0.15, 0.2) is 71.8 Å². The summed E-state index contributed by atoms with van der Waals surface area (Å²) in [5.41, 5.74) is 19.7. The smallest absolute Gasteiger partial charge is 0.255 e. The number of benzene rings is 3. The van der Waals surface area contributed by atoms with E-state index in [1.807, 2.05) is 25.1 Å². The van der Waals surface area contributed by atoms with Crippen LogP contribution in [0.2, 0.25) is 0 Å². The maximum atomic E-state index is 14.1.